The van der Waals surface area contributed by atoms with Crippen molar-refractivity contribution in [2.45, 2.75) is 13.1 Å². The first kappa shape index (κ1) is 16.5. The van der Waals surface area contributed by atoms with Gasteiger partial charge in [0.2, 0.25) is 0 Å². The van der Waals surface area contributed by atoms with Gasteiger partial charge in [0.1, 0.15) is 0 Å². The fourth-order valence-corrected chi connectivity index (χ4v) is 1.91. The molecule has 0 saturated heterocycles. The highest BCUT2D eigenvalue weighted by atomic mass is 19.4. The van der Waals surface area contributed by atoms with E-state index in [1.807, 2.05) is 5.32 Å². The molecule has 2 aromatic carbocycles. The monoisotopic (exact) mass is 322 g/mol. The van der Waals surface area contributed by atoms with E-state index < -0.39 is 29.2 Å². The zero-order chi connectivity index (χ0) is 17.0. The van der Waals surface area contributed by atoms with Gasteiger partial charge in [-0.2, -0.15) is 13.2 Å². The van der Waals surface area contributed by atoms with E-state index >= 15 is 0 Å². The number of amides is 2. The van der Waals surface area contributed by atoms with Crippen molar-refractivity contribution in [3.8, 4) is 0 Å². The largest absolute Gasteiger partial charge is 0.418 e. The Bertz CT molecular complexity index is 742. The number of alkyl halides is 3. The van der Waals surface area contributed by atoms with Gasteiger partial charge in [0.15, 0.2) is 0 Å². The zero-order valence-electron chi connectivity index (χ0n) is 12.1. The number of hydrogen-bond donors (Lipinski definition) is 2. The fraction of sp³-hybridized carbons (Fsp3) is 0.125. The van der Waals surface area contributed by atoms with Crippen LogP contribution in [0.1, 0.15) is 11.1 Å². The molecule has 4 nitrogen and oxygen atoms in total. The van der Waals surface area contributed by atoms with E-state index in [9.17, 15) is 22.8 Å². The third-order valence-corrected chi connectivity index (χ3v) is 3.08. The van der Waals surface area contributed by atoms with Crippen LogP contribution in [-0.2, 0) is 15.8 Å². The zero-order valence-corrected chi connectivity index (χ0v) is 12.1. The van der Waals surface area contributed by atoms with Crippen molar-refractivity contribution in [1.82, 2.24) is 0 Å². The molecular weight excluding hydrogens is 309 g/mol. The summed E-state index contributed by atoms with van der Waals surface area (Å²) in [7, 11) is 0. The molecule has 0 aliphatic carbocycles. The smallest absolute Gasteiger partial charge is 0.318 e. The van der Waals surface area contributed by atoms with Crippen LogP contribution < -0.4 is 10.6 Å². The molecule has 0 fully saturated rings. The molecule has 120 valence electrons. The summed E-state index contributed by atoms with van der Waals surface area (Å²) >= 11 is 0. The summed E-state index contributed by atoms with van der Waals surface area (Å²) in [5.41, 5.74) is -0.344. The molecular formula is C16H13F3N2O2. The lowest BCUT2D eigenvalue weighted by atomic mass is 10.1. The molecule has 0 unspecified atom stereocenters. The average Bonchev–Trinajstić information content (AvgIpc) is 2.49. The van der Waals surface area contributed by atoms with E-state index in [0.29, 0.717) is 5.69 Å². The summed E-state index contributed by atoms with van der Waals surface area (Å²) < 4.78 is 38.5. The molecule has 23 heavy (non-hydrogen) atoms. The molecule has 0 heterocycles. The Morgan fingerprint density at radius 2 is 1.30 bits per heavy atom. The Labute approximate surface area is 130 Å². The van der Waals surface area contributed by atoms with Crippen LogP contribution in [0.25, 0.3) is 0 Å². The van der Waals surface area contributed by atoms with E-state index in [1.54, 1.807) is 31.2 Å². The van der Waals surface area contributed by atoms with Crippen molar-refractivity contribution in [2.75, 3.05) is 10.6 Å². The summed E-state index contributed by atoms with van der Waals surface area (Å²) in [6.07, 6.45) is -4.63. The first-order valence-corrected chi connectivity index (χ1v) is 6.63. The van der Waals surface area contributed by atoms with E-state index in [0.717, 1.165) is 17.7 Å². The highest BCUT2D eigenvalue weighted by molar-refractivity contribution is 6.43. The van der Waals surface area contributed by atoms with Gasteiger partial charge in [-0.25, -0.2) is 0 Å². The third kappa shape index (κ3) is 4.09. The van der Waals surface area contributed by atoms with E-state index in [2.05, 4.69) is 5.32 Å². The Hall–Kier alpha value is -2.83. The van der Waals surface area contributed by atoms with Gasteiger partial charge >= 0.3 is 18.0 Å². The summed E-state index contributed by atoms with van der Waals surface area (Å²) in [5.74, 6) is -2.22. The molecule has 0 aliphatic rings. The topological polar surface area (TPSA) is 58.2 Å². The second-order valence-corrected chi connectivity index (χ2v) is 4.77. The lowest BCUT2D eigenvalue weighted by molar-refractivity contribution is -0.137. The Balaban J connectivity index is 2.14. The first-order valence-electron chi connectivity index (χ1n) is 6.63. The van der Waals surface area contributed by atoms with Gasteiger partial charge in [-0.3, -0.25) is 9.59 Å². The minimum absolute atomic E-state index is 0.414. The number of halogens is 3. The van der Waals surface area contributed by atoms with Gasteiger partial charge in [-0.1, -0.05) is 30.3 Å². The molecule has 0 saturated carbocycles. The maximum Gasteiger partial charge on any atom is 0.418 e. The first-order chi connectivity index (χ1) is 10.8. The second-order valence-electron chi connectivity index (χ2n) is 4.77. The fourth-order valence-electron chi connectivity index (χ4n) is 1.91. The van der Waals surface area contributed by atoms with E-state index in [1.165, 1.54) is 12.1 Å². The summed E-state index contributed by atoms with van der Waals surface area (Å²) in [5, 5.41) is 4.34. The highest BCUT2D eigenvalue weighted by Gasteiger charge is 2.34. The number of benzene rings is 2. The van der Waals surface area contributed by atoms with E-state index in [4.69, 9.17) is 0 Å². The van der Waals surface area contributed by atoms with Crippen LogP contribution in [0.2, 0.25) is 0 Å². The van der Waals surface area contributed by atoms with Crippen LogP contribution in [0.3, 0.4) is 0 Å². The molecule has 0 aliphatic heterocycles. The van der Waals surface area contributed by atoms with Crippen molar-refractivity contribution in [3.63, 3.8) is 0 Å². The molecule has 2 amide bonds. The molecule has 2 aromatic rings. The molecule has 0 spiro atoms. The quantitative estimate of drug-likeness (QED) is 0.830. The SMILES string of the molecule is Cc1ccccc1NC(=O)C(=O)Nc1ccccc1C(F)(F)F. The molecule has 2 rings (SSSR count). The van der Waals surface area contributed by atoms with Crippen molar-refractivity contribution < 1.29 is 22.8 Å². The summed E-state index contributed by atoms with van der Waals surface area (Å²) in [6.45, 7) is 1.73. The number of nitrogens with one attached hydrogen (secondary N) is 2. The Kier molecular flexibility index (Phi) is 4.68. The maximum absolute atomic E-state index is 12.8. The van der Waals surface area contributed by atoms with Crippen LogP contribution in [0, 0.1) is 6.92 Å². The summed E-state index contributed by atoms with van der Waals surface area (Å²) in [6, 6.07) is 11.2. The minimum Gasteiger partial charge on any atom is -0.318 e. The van der Waals surface area contributed by atoms with Crippen molar-refractivity contribution in [3.05, 3.63) is 59.7 Å². The Morgan fingerprint density at radius 3 is 1.87 bits per heavy atom. The molecule has 0 radical (unpaired) electrons. The van der Waals surface area contributed by atoms with Gasteiger partial charge in [-0.05, 0) is 30.7 Å². The number of anilines is 2. The number of rotatable bonds is 2. The number of aryl methyl sites for hydroxylation is 1. The molecule has 7 heteroatoms. The highest BCUT2D eigenvalue weighted by Crippen LogP contribution is 2.34. The molecule has 0 aromatic heterocycles. The van der Waals surface area contributed by atoms with Crippen LogP contribution >= 0.6 is 0 Å². The van der Waals surface area contributed by atoms with Crippen LogP contribution in [0.4, 0.5) is 24.5 Å². The standard InChI is InChI=1S/C16H13F3N2O2/c1-10-6-2-4-8-12(10)20-14(22)15(23)21-13-9-5-3-7-11(13)16(17,18)19/h2-9H,1H3,(H,20,22)(H,21,23). The normalized spacial score (nSPS) is 11.0. The minimum atomic E-state index is -4.63. The lowest BCUT2D eigenvalue weighted by Gasteiger charge is -2.13. The predicted octanol–water partition coefficient (Wildman–Crippen LogP) is 3.59. The molecule has 2 N–H and O–H groups in total. The predicted molar refractivity (Wildman–Crippen MR) is 79.9 cm³/mol. The van der Waals surface area contributed by atoms with Crippen molar-refractivity contribution >= 4 is 23.2 Å². The van der Waals surface area contributed by atoms with Gasteiger partial charge in [0, 0.05) is 5.69 Å². The van der Waals surface area contributed by atoms with Crippen molar-refractivity contribution in [1.29, 1.82) is 0 Å². The second kappa shape index (κ2) is 6.51. The lowest BCUT2D eigenvalue weighted by Crippen LogP contribution is -2.30. The average molecular weight is 322 g/mol. The van der Waals surface area contributed by atoms with Gasteiger partial charge in [0.25, 0.3) is 0 Å². The van der Waals surface area contributed by atoms with Crippen molar-refractivity contribution in [2.24, 2.45) is 0 Å². The number of carbonyl (C=O) groups excluding carboxylic acids is 2. The summed E-state index contributed by atoms with van der Waals surface area (Å²) in [4.78, 5) is 23.6. The number of para-hydroxylation sites is 2. The van der Waals surface area contributed by atoms with Crippen LogP contribution in [0.5, 0.6) is 0 Å². The maximum atomic E-state index is 12.8. The molecule has 0 atom stereocenters. The molecule has 0 bridgehead atoms. The number of carbonyl (C=O) groups is 2. The van der Waals surface area contributed by atoms with Gasteiger partial charge in [0.05, 0.1) is 11.3 Å². The number of hydrogen-bond acceptors (Lipinski definition) is 2. The van der Waals surface area contributed by atoms with E-state index in [-0.39, 0.29) is 0 Å². The third-order valence-electron chi connectivity index (χ3n) is 3.08. The van der Waals surface area contributed by atoms with Gasteiger partial charge in [-0.15, -0.1) is 0 Å². The van der Waals surface area contributed by atoms with Crippen LogP contribution in [-0.4, -0.2) is 11.8 Å². The van der Waals surface area contributed by atoms with Gasteiger partial charge < -0.3 is 10.6 Å². The Morgan fingerprint density at radius 1 is 0.826 bits per heavy atom. The van der Waals surface area contributed by atoms with Crippen LogP contribution in [0.15, 0.2) is 48.5 Å².